The molecule has 2 N–H and O–H groups in total. The van der Waals surface area contributed by atoms with Crippen molar-refractivity contribution < 1.29 is 24.3 Å². The number of ether oxygens (including phenoxy) is 1. The van der Waals surface area contributed by atoms with Crippen LogP contribution in [0.15, 0.2) is 42.5 Å². The van der Waals surface area contributed by atoms with Gasteiger partial charge in [-0.15, -0.1) is 0 Å². The Morgan fingerprint density at radius 3 is 2.58 bits per heavy atom. The molecule has 26 heavy (non-hydrogen) atoms. The van der Waals surface area contributed by atoms with E-state index in [1.165, 1.54) is 6.08 Å². The van der Waals surface area contributed by atoms with Crippen LogP contribution in [-0.4, -0.2) is 27.6 Å². The van der Waals surface area contributed by atoms with E-state index in [-0.39, 0.29) is 19.4 Å². The summed E-state index contributed by atoms with van der Waals surface area (Å²) in [4.78, 5) is 28.1. The highest BCUT2D eigenvalue weighted by Crippen LogP contribution is 2.40. The lowest BCUT2D eigenvalue weighted by Crippen LogP contribution is -2.60. The van der Waals surface area contributed by atoms with Crippen molar-refractivity contribution in [1.82, 2.24) is 10.8 Å². The van der Waals surface area contributed by atoms with Gasteiger partial charge in [-0.3, -0.25) is 4.84 Å². The van der Waals surface area contributed by atoms with Gasteiger partial charge in [0.25, 0.3) is 0 Å². The van der Waals surface area contributed by atoms with E-state index in [0.717, 1.165) is 5.56 Å². The maximum Gasteiger partial charge on any atom is 0.431 e. The van der Waals surface area contributed by atoms with Crippen molar-refractivity contribution >= 4 is 47.0 Å². The van der Waals surface area contributed by atoms with Gasteiger partial charge in [-0.25, -0.2) is 4.79 Å². The van der Waals surface area contributed by atoms with Crippen molar-refractivity contribution in [3.05, 3.63) is 48.0 Å². The van der Waals surface area contributed by atoms with E-state index in [9.17, 15) is 14.7 Å². The summed E-state index contributed by atoms with van der Waals surface area (Å²) in [5.74, 6) is 0. The molecule has 142 valence electrons. The molecule has 0 bridgehead atoms. The standard InChI is InChI=1S/C16H17Cl3N2O5/c17-16(18,19)10-15(20-13(22)23)8-4-7-12(15)26-21-14(24)25-9-11-5-2-1-3-6-11/h1-6,8,12,20H,7,9-10H2,(H,21,24)(H,22,23)/p-1. The van der Waals surface area contributed by atoms with Crippen LogP contribution in [0.4, 0.5) is 9.59 Å². The minimum absolute atomic E-state index is 0.0511. The van der Waals surface area contributed by atoms with Crippen molar-refractivity contribution in [2.75, 3.05) is 0 Å². The first kappa shape index (κ1) is 20.6. The summed E-state index contributed by atoms with van der Waals surface area (Å²) in [6, 6.07) is 9.06. The van der Waals surface area contributed by atoms with E-state index in [0.29, 0.717) is 0 Å². The summed E-state index contributed by atoms with van der Waals surface area (Å²) in [7, 11) is 0. The number of carbonyl (C=O) groups excluding carboxylic acids is 2. The Balaban J connectivity index is 1.93. The molecule has 0 aromatic heterocycles. The normalized spacial score (nSPS) is 22.0. The van der Waals surface area contributed by atoms with Crippen LogP contribution < -0.4 is 15.9 Å². The minimum atomic E-state index is -1.76. The van der Waals surface area contributed by atoms with Gasteiger partial charge in [-0.2, -0.15) is 5.48 Å². The second-order valence-electron chi connectivity index (χ2n) is 5.65. The molecule has 0 spiro atoms. The fourth-order valence-corrected chi connectivity index (χ4v) is 3.27. The summed E-state index contributed by atoms with van der Waals surface area (Å²) in [5, 5.41) is 13.2. The second-order valence-corrected chi connectivity index (χ2v) is 8.17. The van der Waals surface area contributed by atoms with Gasteiger partial charge >= 0.3 is 6.09 Å². The number of halogens is 3. The fourth-order valence-electron chi connectivity index (χ4n) is 2.61. The minimum Gasteiger partial charge on any atom is -0.530 e. The average Bonchev–Trinajstić information content (AvgIpc) is 2.91. The molecule has 1 aliphatic carbocycles. The number of benzene rings is 1. The number of carbonyl (C=O) groups is 2. The molecule has 2 amide bonds. The Bertz CT molecular complexity index is 666. The molecule has 0 saturated heterocycles. The molecule has 0 saturated carbocycles. The first-order valence-electron chi connectivity index (χ1n) is 7.56. The maximum atomic E-state index is 11.8. The Kier molecular flexibility index (Phi) is 7.00. The highest BCUT2D eigenvalue weighted by Gasteiger charge is 2.46. The van der Waals surface area contributed by atoms with Gasteiger partial charge in [0, 0.05) is 6.42 Å². The first-order chi connectivity index (χ1) is 12.2. The summed E-state index contributed by atoms with van der Waals surface area (Å²) in [6.07, 6.45) is -0.0377. The van der Waals surface area contributed by atoms with Crippen LogP contribution in [0.25, 0.3) is 0 Å². The SMILES string of the molecule is O=C([O-])NC1(CC(Cl)(Cl)Cl)C=CCC1ONC(=O)OCc1ccccc1. The topological polar surface area (TPSA) is 99.7 Å². The van der Waals surface area contributed by atoms with E-state index in [1.54, 1.807) is 18.2 Å². The van der Waals surface area contributed by atoms with Crippen LogP contribution in [0.1, 0.15) is 18.4 Å². The maximum absolute atomic E-state index is 11.8. The lowest BCUT2D eigenvalue weighted by atomic mass is 9.92. The highest BCUT2D eigenvalue weighted by atomic mass is 35.6. The van der Waals surface area contributed by atoms with Crippen LogP contribution in [-0.2, 0) is 16.2 Å². The van der Waals surface area contributed by atoms with Crippen molar-refractivity contribution in [2.24, 2.45) is 0 Å². The summed E-state index contributed by atoms with van der Waals surface area (Å²) < 4.78 is 3.26. The number of amides is 2. The molecule has 0 radical (unpaired) electrons. The third-order valence-corrected chi connectivity index (χ3v) is 4.07. The molecule has 2 unspecified atom stereocenters. The lowest BCUT2D eigenvalue weighted by molar-refractivity contribution is -0.254. The van der Waals surface area contributed by atoms with Gasteiger partial charge in [-0.05, 0) is 12.0 Å². The van der Waals surface area contributed by atoms with E-state index in [1.807, 2.05) is 18.2 Å². The number of hydrogen-bond acceptors (Lipinski definition) is 5. The van der Waals surface area contributed by atoms with Crippen molar-refractivity contribution in [3.8, 4) is 0 Å². The number of alkyl halides is 3. The van der Waals surface area contributed by atoms with E-state index >= 15 is 0 Å². The van der Waals surface area contributed by atoms with Crippen LogP contribution in [0.3, 0.4) is 0 Å². The molecule has 0 heterocycles. The average molecular weight is 423 g/mol. The molecular formula is C16H16Cl3N2O5-. The largest absolute Gasteiger partial charge is 0.530 e. The predicted octanol–water partition coefficient (Wildman–Crippen LogP) is 2.60. The number of hydrogen-bond donors (Lipinski definition) is 2. The molecule has 7 nitrogen and oxygen atoms in total. The van der Waals surface area contributed by atoms with Gasteiger partial charge in [0.15, 0.2) is 3.79 Å². The highest BCUT2D eigenvalue weighted by molar-refractivity contribution is 6.67. The molecule has 10 heteroatoms. The molecule has 0 fully saturated rings. The lowest BCUT2D eigenvalue weighted by Gasteiger charge is -2.37. The number of rotatable bonds is 6. The number of carboxylic acid groups (broad SMARTS) is 1. The van der Waals surface area contributed by atoms with Crippen LogP contribution in [0.2, 0.25) is 0 Å². The fraction of sp³-hybridized carbons (Fsp3) is 0.375. The predicted molar refractivity (Wildman–Crippen MR) is 94.6 cm³/mol. The molecular weight excluding hydrogens is 407 g/mol. The third kappa shape index (κ3) is 6.25. The van der Waals surface area contributed by atoms with Crippen molar-refractivity contribution in [1.29, 1.82) is 0 Å². The number of nitrogens with one attached hydrogen (secondary N) is 2. The van der Waals surface area contributed by atoms with Crippen molar-refractivity contribution in [3.63, 3.8) is 0 Å². The third-order valence-electron chi connectivity index (χ3n) is 3.66. The molecule has 0 aliphatic heterocycles. The molecule has 2 rings (SSSR count). The zero-order valence-electron chi connectivity index (χ0n) is 13.4. The zero-order valence-corrected chi connectivity index (χ0v) is 15.7. The molecule has 2 atom stereocenters. The Morgan fingerprint density at radius 2 is 1.96 bits per heavy atom. The van der Waals surface area contributed by atoms with Crippen LogP contribution in [0.5, 0.6) is 0 Å². The van der Waals surface area contributed by atoms with Crippen molar-refractivity contribution in [2.45, 2.75) is 34.9 Å². The Hall–Kier alpha value is -1.67. The molecule has 1 aromatic rings. The van der Waals surface area contributed by atoms with E-state index in [4.69, 9.17) is 44.4 Å². The van der Waals surface area contributed by atoms with E-state index < -0.39 is 27.6 Å². The smallest absolute Gasteiger partial charge is 0.431 e. The summed E-state index contributed by atoms with van der Waals surface area (Å²) in [5.41, 5.74) is 1.56. The van der Waals surface area contributed by atoms with Gasteiger partial charge in [0.2, 0.25) is 0 Å². The van der Waals surface area contributed by atoms with Gasteiger partial charge in [0.05, 0.1) is 5.54 Å². The van der Waals surface area contributed by atoms with E-state index in [2.05, 4.69) is 10.8 Å². The van der Waals surface area contributed by atoms with Gasteiger partial charge in [0.1, 0.15) is 18.8 Å². The first-order valence-corrected chi connectivity index (χ1v) is 8.69. The van der Waals surface area contributed by atoms with Gasteiger partial charge < -0.3 is 20.0 Å². The van der Waals surface area contributed by atoms with Crippen LogP contribution in [0, 0.1) is 0 Å². The molecule has 1 aromatic carbocycles. The second kappa shape index (κ2) is 8.81. The van der Waals surface area contributed by atoms with Crippen LogP contribution >= 0.6 is 34.8 Å². The number of hydroxylamine groups is 1. The Morgan fingerprint density at radius 1 is 1.27 bits per heavy atom. The zero-order chi connectivity index (χ0) is 19.2. The Labute approximate surface area is 165 Å². The summed E-state index contributed by atoms with van der Waals surface area (Å²) in [6.45, 7) is 0.0511. The molecule has 1 aliphatic rings. The summed E-state index contributed by atoms with van der Waals surface area (Å²) >= 11 is 17.4. The quantitative estimate of drug-likeness (QED) is 0.417. The van der Waals surface area contributed by atoms with Gasteiger partial charge in [-0.1, -0.05) is 77.3 Å². The monoisotopic (exact) mass is 421 g/mol.